The van der Waals surface area contributed by atoms with Crippen LogP contribution in [0.5, 0.6) is 5.75 Å². The number of nitrogens with zero attached hydrogens (tertiary/aromatic N) is 2. The molecule has 0 radical (unpaired) electrons. The molecule has 1 aromatic carbocycles. The first kappa shape index (κ1) is 16.7. The van der Waals surface area contributed by atoms with Crippen LogP contribution in [0.15, 0.2) is 34.2 Å². The van der Waals surface area contributed by atoms with Gasteiger partial charge < -0.3 is 5.11 Å². The molecule has 0 saturated carbocycles. The van der Waals surface area contributed by atoms with E-state index >= 15 is 0 Å². The van der Waals surface area contributed by atoms with E-state index in [-0.39, 0.29) is 33.1 Å². The molecule has 0 bridgehead atoms. The van der Waals surface area contributed by atoms with E-state index in [2.05, 4.69) is 22.5 Å². The molecular formula is C13H8BrN2O4S2-. The molecule has 1 aliphatic heterocycles. The zero-order valence-corrected chi connectivity index (χ0v) is 14.2. The minimum Gasteiger partial charge on any atom is -0.871 e. The second-order valence-corrected chi connectivity index (χ2v) is 6.71. The predicted octanol–water partition coefficient (Wildman–Crippen LogP) is 2.82. The topological polar surface area (TPSA) is 86.5 Å². The van der Waals surface area contributed by atoms with E-state index in [0.29, 0.717) is 4.32 Å². The molecule has 9 heteroatoms. The Hall–Kier alpha value is -1.71. The summed E-state index contributed by atoms with van der Waals surface area (Å²) in [6.45, 7) is 3.81. The Morgan fingerprint density at radius 3 is 2.77 bits per heavy atom. The van der Waals surface area contributed by atoms with Crippen LogP contribution in [0.2, 0.25) is 0 Å². The smallest absolute Gasteiger partial charge is 0.271 e. The average molecular weight is 400 g/mol. The van der Waals surface area contributed by atoms with Crippen LogP contribution in [-0.2, 0) is 4.79 Å². The van der Waals surface area contributed by atoms with Crippen molar-refractivity contribution in [2.24, 2.45) is 0 Å². The van der Waals surface area contributed by atoms with Crippen LogP contribution in [0.3, 0.4) is 0 Å². The van der Waals surface area contributed by atoms with Gasteiger partial charge in [0.15, 0.2) is 0 Å². The van der Waals surface area contributed by atoms with Crippen molar-refractivity contribution in [2.75, 3.05) is 6.54 Å². The van der Waals surface area contributed by atoms with Crippen molar-refractivity contribution in [1.82, 2.24) is 4.90 Å². The minimum atomic E-state index is -0.607. The number of benzene rings is 1. The number of non-ortho nitro benzene ring substituents is 1. The first-order valence-corrected chi connectivity index (χ1v) is 7.88. The SMILES string of the molecule is C=CCN1C(=O)C(=Cc2cc([N+](=O)[O-])cc(Br)c2[O-])SC1=S. The van der Waals surface area contributed by atoms with E-state index in [1.165, 1.54) is 17.1 Å². The van der Waals surface area contributed by atoms with Crippen LogP contribution < -0.4 is 5.11 Å². The third-order valence-electron chi connectivity index (χ3n) is 2.74. The van der Waals surface area contributed by atoms with Gasteiger partial charge in [0, 0.05) is 23.2 Å². The molecule has 6 nitrogen and oxygen atoms in total. The van der Waals surface area contributed by atoms with Gasteiger partial charge in [0.1, 0.15) is 4.32 Å². The molecule has 0 aliphatic carbocycles. The van der Waals surface area contributed by atoms with Gasteiger partial charge >= 0.3 is 0 Å². The van der Waals surface area contributed by atoms with Gasteiger partial charge in [0.05, 0.1) is 9.83 Å². The molecule has 0 N–H and O–H groups in total. The third-order valence-corrected chi connectivity index (χ3v) is 4.71. The number of thiocarbonyl (C=S) groups is 1. The summed E-state index contributed by atoms with van der Waals surface area (Å²) in [7, 11) is 0. The van der Waals surface area contributed by atoms with Crippen LogP contribution >= 0.6 is 39.9 Å². The number of amides is 1. The molecular weight excluding hydrogens is 392 g/mol. The van der Waals surface area contributed by atoms with Crippen molar-refractivity contribution < 1.29 is 14.8 Å². The van der Waals surface area contributed by atoms with Crippen LogP contribution in [0.1, 0.15) is 5.56 Å². The Kier molecular flexibility index (Phi) is 4.99. The number of hydrogen-bond donors (Lipinski definition) is 0. The maximum absolute atomic E-state index is 12.2. The van der Waals surface area contributed by atoms with E-state index in [0.717, 1.165) is 23.9 Å². The van der Waals surface area contributed by atoms with E-state index in [1.807, 2.05) is 0 Å². The van der Waals surface area contributed by atoms with Gasteiger partial charge in [-0.15, -0.1) is 6.58 Å². The van der Waals surface area contributed by atoms with Gasteiger partial charge in [0.25, 0.3) is 11.6 Å². The second-order valence-electron chi connectivity index (χ2n) is 4.18. The Labute approximate surface area is 143 Å². The van der Waals surface area contributed by atoms with Crippen molar-refractivity contribution >= 4 is 61.9 Å². The lowest BCUT2D eigenvalue weighted by Crippen LogP contribution is -2.27. The number of rotatable bonds is 4. The number of carbonyl (C=O) groups is 1. The zero-order valence-electron chi connectivity index (χ0n) is 10.9. The van der Waals surface area contributed by atoms with Crippen molar-refractivity contribution in [1.29, 1.82) is 0 Å². The minimum absolute atomic E-state index is 0.0557. The highest BCUT2D eigenvalue weighted by molar-refractivity contribution is 9.10. The molecule has 1 aromatic rings. The standard InChI is InChI=1S/C13H9BrN2O4S2/c1-2-3-15-12(18)10(22-13(15)21)5-7-4-8(16(19)20)6-9(14)11(7)17/h2,4-6,17H,1,3H2/p-1. The maximum Gasteiger partial charge on any atom is 0.271 e. The van der Waals surface area contributed by atoms with Gasteiger partial charge in [-0.3, -0.25) is 19.8 Å². The zero-order chi connectivity index (χ0) is 16.4. The number of nitro benzene ring substituents is 1. The fraction of sp³-hybridized carbons (Fsp3) is 0.0769. The van der Waals surface area contributed by atoms with Gasteiger partial charge in [-0.1, -0.05) is 51.7 Å². The normalized spacial score (nSPS) is 16.4. The summed E-state index contributed by atoms with van der Waals surface area (Å²) < 4.78 is 0.419. The van der Waals surface area contributed by atoms with E-state index in [1.54, 1.807) is 0 Å². The molecule has 0 unspecified atom stereocenters. The lowest BCUT2D eigenvalue weighted by Gasteiger charge is -2.13. The summed E-state index contributed by atoms with van der Waals surface area (Å²) in [5.74, 6) is -0.781. The van der Waals surface area contributed by atoms with Crippen LogP contribution in [0.25, 0.3) is 6.08 Å². The van der Waals surface area contributed by atoms with Gasteiger partial charge in [-0.2, -0.15) is 0 Å². The maximum atomic E-state index is 12.2. The molecule has 22 heavy (non-hydrogen) atoms. The molecule has 1 fully saturated rings. The highest BCUT2D eigenvalue weighted by atomic mass is 79.9. The highest BCUT2D eigenvalue weighted by Crippen LogP contribution is 2.36. The monoisotopic (exact) mass is 399 g/mol. The fourth-order valence-electron chi connectivity index (χ4n) is 1.74. The largest absolute Gasteiger partial charge is 0.871 e. The summed E-state index contributed by atoms with van der Waals surface area (Å²) in [6.07, 6.45) is 2.86. The van der Waals surface area contributed by atoms with Gasteiger partial charge in [-0.25, -0.2) is 0 Å². The quantitative estimate of drug-likeness (QED) is 0.254. The molecule has 1 heterocycles. The summed E-state index contributed by atoms with van der Waals surface area (Å²) in [5.41, 5.74) is -0.181. The molecule has 1 aliphatic rings. The number of nitro groups is 1. The second kappa shape index (κ2) is 6.59. The predicted molar refractivity (Wildman–Crippen MR) is 90.3 cm³/mol. The van der Waals surface area contributed by atoms with Gasteiger partial charge in [-0.05, 0) is 11.6 Å². The first-order valence-electron chi connectivity index (χ1n) is 5.86. The molecule has 0 atom stereocenters. The molecule has 114 valence electrons. The average Bonchev–Trinajstić information content (AvgIpc) is 2.71. The number of halogens is 1. The Balaban J connectivity index is 2.46. The molecule has 0 spiro atoms. The number of hydrogen-bond acceptors (Lipinski definition) is 6. The molecule has 1 saturated heterocycles. The van der Waals surface area contributed by atoms with Crippen molar-refractivity contribution in [3.05, 3.63) is 49.8 Å². The summed E-state index contributed by atoms with van der Waals surface area (Å²) in [4.78, 5) is 24.0. The van der Waals surface area contributed by atoms with E-state index in [4.69, 9.17) is 12.2 Å². The van der Waals surface area contributed by atoms with Crippen LogP contribution in [0, 0.1) is 10.1 Å². The Morgan fingerprint density at radius 2 is 2.18 bits per heavy atom. The number of thioether (sulfide) groups is 1. The Bertz CT molecular complexity index is 733. The van der Waals surface area contributed by atoms with E-state index in [9.17, 15) is 20.0 Å². The van der Waals surface area contributed by atoms with Crippen molar-refractivity contribution in [3.63, 3.8) is 0 Å². The first-order chi connectivity index (χ1) is 10.3. The summed E-state index contributed by atoms with van der Waals surface area (Å²) in [5, 5.41) is 22.9. The summed E-state index contributed by atoms with van der Waals surface area (Å²) >= 11 is 9.12. The van der Waals surface area contributed by atoms with E-state index < -0.39 is 10.7 Å². The van der Waals surface area contributed by atoms with Gasteiger partial charge in [0.2, 0.25) is 0 Å². The van der Waals surface area contributed by atoms with Crippen LogP contribution in [0.4, 0.5) is 5.69 Å². The van der Waals surface area contributed by atoms with Crippen LogP contribution in [-0.4, -0.2) is 26.6 Å². The molecule has 2 rings (SSSR count). The Morgan fingerprint density at radius 1 is 1.50 bits per heavy atom. The highest BCUT2D eigenvalue weighted by Gasteiger charge is 2.31. The molecule has 1 amide bonds. The van der Waals surface area contributed by atoms with Crippen molar-refractivity contribution in [3.8, 4) is 5.75 Å². The van der Waals surface area contributed by atoms with Crippen molar-refractivity contribution in [2.45, 2.75) is 0 Å². The summed E-state index contributed by atoms with van der Waals surface area (Å²) in [6, 6.07) is 2.26. The third kappa shape index (κ3) is 3.21. The lowest BCUT2D eigenvalue weighted by molar-refractivity contribution is -0.385. The molecule has 0 aromatic heterocycles. The number of carbonyl (C=O) groups excluding carboxylic acids is 1. The lowest BCUT2D eigenvalue weighted by atomic mass is 10.1. The fourth-order valence-corrected chi connectivity index (χ4v) is 3.47.